The van der Waals surface area contributed by atoms with Crippen molar-refractivity contribution >= 4 is 25.7 Å². The van der Waals surface area contributed by atoms with Gasteiger partial charge in [-0.3, -0.25) is 18.9 Å². The second-order valence-electron chi connectivity index (χ2n) is 17.3. The number of phosphoric ester groups is 1. The predicted molar refractivity (Wildman–Crippen MR) is 237 cm³/mol. The number of aliphatic hydroxyl groups is 3. The summed E-state index contributed by atoms with van der Waals surface area (Å²) in [5.41, 5.74) is 0. The number of hydrogen-bond donors (Lipinski definition) is 6. The van der Waals surface area contributed by atoms with Gasteiger partial charge in [-0.15, -0.1) is 0 Å². The fourth-order valence-electron chi connectivity index (χ4n) is 7.99. The Balaban J connectivity index is 2.96. The molecule has 1 aliphatic heterocycles. The van der Waals surface area contributed by atoms with Gasteiger partial charge in [-0.05, 0) is 25.7 Å². The maximum Gasteiger partial charge on any atom is 0.470 e. The average molecular weight is 894 g/mol. The first-order valence-corrected chi connectivity index (χ1v) is 25.9. The zero-order valence-corrected chi connectivity index (χ0v) is 39.2. The average Bonchev–Trinajstić information content (AvgIpc) is 3.20. The Labute approximate surface area is 368 Å². The molecule has 0 aromatic carbocycles. The summed E-state index contributed by atoms with van der Waals surface area (Å²) >= 11 is 0. The molecule has 3 unspecified atom stereocenters. The molecule has 1 aliphatic rings. The molecule has 7 atom stereocenters. The third-order valence-corrected chi connectivity index (χ3v) is 12.1. The molecule has 1 rings (SSSR count). The lowest BCUT2D eigenvalue weighted by Gasteiger charge is -2.43. The van der Waals surface area contributed by atoms with Gasteiger partial charge in [-0.1, -0.05) is 181 Å². The number of amides is 1. The van der Waals surface area contributed by atoms with Gasteiger partial charge in [0.15, 0.2) is 12.4 Å². The van der Waals surface area contributed by atoms with Crippen LogP contribution in [0.1, 0.15) is 226 Å². The van der Waals surface area contributed by atoms with Crippen LogP contribution >= 0.6 is 7.82 Å². The van der Waals surface area contributed by atoms with E-state index in [1.54, 1.807) is 0 Å². The van der Waals surface area contributed by atoms with Crippen LogP contribution < -0.4 is 5.32 Å². The van der Waals surface area contributed by atoms with Crippen LogP contribution in [0, 0.1) is 0 Å². The van der Waals surface area contributed by atoms with Gasteiger partial charge in [0.25, 0.3) is 0 Å². The Morgan fingerprint density at radius 2 is 1.07 bits per heavy atom. The maximum atomic E-state index is 13.7. The van der Waals surface area contributed by atoms with Crippen LogP contribution in [0.3, 0.4) is 0 Å². The highest BCUT2D eigenvalue weighted by atomic mass is 31.2. The van der Waals surface area contributed by atoms with E-state index in [9.17, 15) is 44.1 Å². The lowest BCUT2D eigenvalue weighted by Crippen LogP contribution is -2.65. The number of aliphatic hydroxyl groups excluding tert-OH is 3. The van der Waals surface area contributed by atoms with Crippen molar-refractivity contribution in [3.63, 3.8) is 0 Å². The SMILES string of the molecule is CCCCCCCCCCCCCC(CC(=O)O[C@H]1[C@H](OP(=O)(O)O)[C@@H](CO)OC(O)[C@@H]1NC(=O)CC(O)CCCCCCCCCCC)OC(=O)CCCCCCCCC. The van der Waals surface area contributed by atoms with Gasteiger partial charge >= 0.3 is 19.8 Å². The Hall–Kier alpha value is -1.64. The molecular formula is C46H88NO13P. The zero-order chi connectivity index (χ0) is 45.1. The van der Waals surface area contributed by atoms with Crippen LogP contribution in [-0.2, 0) is 37.7 Å². The molecule has 0 bridgehead atoms. The van der Waals surface area contributed by atoms with E-state index >= 15 is 0 Å². The van der Waals surface area contributed by atoms with Crippen molar-refractivity contribution in [3.05, 3.63) is 0 Å². The van der Waals surface area contributed by atoms with Crippen molar-refractivity contribution in [3.8, 4) is 0 Å². The van der Waals surface area contributed by atoms with Crippen molar-refractivity contribution < 1.29 is 62.8 Å². The highest BCUT2D eigenvalue weighted by Gasteiger charge is 2.51. The summed E-state index contributed by atoms with van der Waals surface area (Å²) in [7, 11) is -5.29. The van der Waals surface area contributed by atoms with E-state index in [0.717, 1.165) is 77.0 Å². The second kappa shape index (κ2) is 36.7. The molecule has 0 aromatic rings. The number of carbonyl (C=O) groups is 3. The number of ether oxygens (including phenoxy) is 3. The minimum atomic E-state index is -5.29. The fraction of sp³-hybridized carbons (Fsp3) is 0.935. The summed E-state index contributed by atoms with van der Waals surface area (Å²) in [5.74, 6) is -2.07. The summed E-state index contributed by atoms with van der Waals surface area (Å²) < 4.78 is 34.0. The molecule has 1 heterocycles. The lowest BCUT2D eigenvalue weighted by atomic mass is 9.96. The largest absolute Gasteiger partial charge is 0.470 e. The van der Waals surface area contributed by atoms with Crippen molar-refractivity contribution in [2.24, 2.45) is 0 Å². The number of nitrogens with one attached hydrogen (secondary N) is 1. The second-order valence-corrected chi connectivity index (χ2v) is 18.5. The Morgan fingerprint density at radius 3 is 1.52 bits per heavy atom. The van der Waals surface area contributed by atoms with E-state index < -0.39 is 81.5 Å². The number of rotatable bonds is 40. The summed E-state index contributed by atoms with van der Waals surface area (Å²) in [6, 6.07) is -1.58. The van der Waals surface area contributed by atoms with Crippen LogP contribution in [0.15, 0.2) is 0 Å². The molecule has 1 fully saturated rings. The first kappa shape index (κ1) is 57.4. The van der Waals surface area contributed by atoms with E-state index in [1.807, 2.05) is 0 Å². The van der Waals surface area contributed by atoms with Gasteiger partial charge in [0.2, 0.25) is 5.91 Å². The van der Waals surface area contributed by atoms with E-state index in [2.05, 4.69) is 26.1 Å². The Bertz CT molecular complexity index is 1160. The molecule has 0 aromatic heterocycles. The van der Waals surface area contributed by atoms with Crippen molar-refractivity contribution in [1.82, 2.24) is 5.32 Å². The first-order chi connectivity index (χ1) is 29.3. The first-order valence-electron chi connectivity index (χ1n) is 24.4. The minimum Gasteiger partial charge on any atom is -0.462 e. The fourth-order valence-corrected chi connectivity index (χ4v) is 8.57. The highest BCUT2D eigenvalue weighted by molar-refractivity contribution is 7.46. The molecule has 61 heavy (non-hydrogen) atoms. The van der Waals surface area contributed by atoms with Crippen molar-refractivity contribution in [2.45, 2.75) is 269 Å². The minimum absolute atomic E-state index is 0.208. The third kappa shape index (κ3) is 30.2. The van der Waals surface area contributed by atoms with Crippen LogP contribution in [0.25, 0.3) is 0 Å². The molecule has 1 amide bonds. The number of phosphoric acid groups is 1. The summed E-state index contributed by atoms with van der Waals surface area (Å²) in [5, 5.41) is 34.1. The molecule has 6 N–H and O–H groups in total. The number of hydrogen-bond acceptors (Lipinski definition) is 11. The molecule has 15 heteroatoms. The van der Waals surface area contributed by atoms with Crippen molar-refractivity contribution in [2.75, 3.05) is 6.61 Å². The van der Waals surface area contributed by atoms with E-state index in [1.165, 1.54) is 83.5 Å². The standard InChI is InChI=1S/C46H88NO13P/c1-4-7-10-13-16-18-19-21-24-26-29-32-38(57-41(51)33-30-27-22-15-12-9-6-3)35-42(52)59-45-43(46(53)58-39(36-48)44(45)60-61(54,55)56)47-40(50)34-37(49)31-28-25-23-20-17-14-11-8-5-2/h37-39,43-46,48-49,53H,4-36H2,1-3H3,(H,47,50)(H2,54,55,56)/t37?,38?,39-,43-,44-,45-,46?/m1/s1. The highest BCUT2D eigenvalue weighted by Crippen LogP contribution is 2.42. The molecule has 0 radical (unpaired) electrons. The predicted octanol–water partition coefficient (Wildman–Crippen LogP) is 9.39. The molecule has 0 aliphatic carbocycles. The summed E-state index contributed by atoms with van der Waals surface area (Å²) in [6.45, 7) is 5.69. The summed E-state index contributed by atoms with van der Waals surface area (Å²) in [6.07, 6.45) is 20.9. The Kier molecular flexibility index (Phi) is 34.5. The monoisotopic (exact) mass is 894 g/mol. The van der Waals surface area contributed by atoms with Crippen LogP contribution in [0.5, 0.6) is 0 Å². The molecule has 14 nitrogen and oxygen atoms in total. The lowest BCUT2D eigenvalue weighted by molar-refractivity contribution is -0.256. The van der Waals surface area contributed by atoms with Gasteiger partial charge in [-0.25, -0.2) is 4.57 Å². The van der Waals surface area contributed by atoms with Crippen LogP contribution in [-0.4, -0.2) is 92.4 Å². The van der Waals surface area contributed by atoms with Crippen LogP contribution in [0.2, 0.25) is 0 Å². The van der Waals surface area contributed by atoms with Crippen molar-refractivity contribution in [1.29, 1.82) is 0 Å². The molecule has 1 saturated heterocycles. The van der Waals surface area contributed by atoms with Gasteiger partial charge in [0.05, 0.1) is 25.6 Å². The van der Waals surface area contributed by atoms with Gasteiger partial charge < -0.3 is 44.6 Å². The van der Waals surface area contributed by atoms with Gasteiger partial charge in [0, 0.05) is 6.42 Å². The van der Waals surface area contributed by atoms with E-state index in [4.69, 9.17) is 18.7 Å². The molecule has 0 saturated carbocycles. The summed E-state index contributed by atoms with van der Waals surface area (Å²) in [4.78, 5) is 59.4. The van der Waals surface area contributed by atoms with Gasteiger partial charge in [-0.2, -0.15) is 0 Å². The number of carbonyl (C=O) groups excluding carboxylic acids is 3. The smallest absolute Gasteiger partial charge is 0.462 e. The molecule has 0 spiro atoms. The maximum absolute atomic E-state index is 13.7. The third-order valence-electron chi connectivity index (χ3n) is 11.6. The molecular weight excluding hydrogens is 805 g/mol. The van der Waals surface area contributed by atoms with E-state index in [-0.39, 0.29) is 12.8 Å². The number of esters is 2. The number of unbranched alkanes of at least 4 members (excludes halogenated alkanes) is 24. The zero-order valence-electron chi connectivity index (χ0n) is 38.3. The topological polar surface area (TPSA) is 218 Å². The normalized spacial score (nSPS) is 20.3. The van der Waals surface area contributed by atoms with E-state index in [0.29, 0.717) is 25.7 Å². The quantitative estimate of drug-likeness (QED) is 0.0192. The van der Waals surface area contributed by atoms with Gasteiger partial charge in [0.1, 0.15) is 24.4 Å². The van der Waals surface area contributed by atoms with Crippen LogP contribution in [0.4, 0.5) is 0 Å². The molecule has 360 valence electrons. The Morgan fingerprint density at radius 1 is 0.623 bits per heavy atom.